The fourth-order valence-electron chi connectivity index (χ4n) is 0.954. The predicted octanol–water partition coefficient (Wildman–Crippen LogP) is -0.830. The van der Waals surface area contributed by atoms with Crippen molar-refractivity contribution in [2.24, 2.45) is 11.1 Å². The molecule has 0 spiro atoms. The SMILES string of the molecule is CCC(N)[Si](OC)(OC)OC.N[Si]. The van der Waals surface area contributed by atoms with Crippen LogP contribution in [-0.2, 0) is 13.3 Å². The Balaban J connectivity index is 0. The highest BCUT2D eigenvalue weighted by molar-refractivity contribution is 6.62. The van der Waals surface area contributed by atoms with Gasteiger partial charge in [0.15, 0.2) is 0 Å². The molecule has 0 aliphatic carbocycles. The lowest BCUT2D eigenvalue weighted by Crippen LogP contribution is -2.58. The summed E-state index contributed by atoms with van der Waals surface area (Å²) >= 11 is 0. The van der Waals surface area contributed by atoms with Crippen molar-refractivity contribution in [3.05, 3.63) is 0 Å². The molecule has 5 nitrogen and oxygen atoms in total. The molecule has 0 saturated carbocycles. The van der Waals surface area contributed by atoms with E-state index in [-0.39, 0.29) is 5.67 Å². The predicted molar refractivity (Wildman–Crippen MR) is 55.0 cm³/mol. The highest BCUT2D eigenvalue weighted by Gasteiger charge is 2.44. The van der Waals surface area contributed by atoms with E-state index in [9.17, 15) is 0 Å². The molecule has 0 aliphatic rings. The molecule has 13 heavy (non-hydrogen) atoms. The zero-order valence-corrected chi connectivity index (χ0v) is 10.7. The Bertz CT molecular complexity index is 106. The smallest absolute Gasteiger partial charge is 0.376 e. The van der Waals surface area contributed by atoms with Crippen molar-refractivity contribution in [1.29, 1.82) is 0 Å². The third-order valence-electron chi connectivity index (χ3n) is 1.75. The minimum Gasteiger partial charge on any atom is -0.376 e. The summed E-state index contributed by atoms with van der Waals surface area (Å²) in [5, 5.41) is 4.31. The Morgan fingerprint density at radius 1 is 1.15 bits per heavy atom. The molecule has 79 valence electrons. The first kappa shape index (κ1) is 15.7. The van der Waals surface area contributed by atoms with Gasteiger partial charge in [-0.2, -0.15) is 0 Å². The number of hydrogen-bond donors (Lipinski definition) is 2. The molecular formula is C6H19N2O3Si2. The van der Waals surface area contributed by atoms with E-state index >= 15 is 0 Å². The van der Waals surface area contributed by atoms with E-state index in [4.69, 9.17) is 19.0 Å². The van der Waals surface area contributed by atoms with Gasteiger partial charge in [-0.25, -0.2) is 0 Å². The third kappa shape index (κ3) is 4.31. The summed E-state index contributed by atoms with van der Waals surface area (Å²) in [6, 6.07) is 0. The molecule has 4 N–H and O–H groups in total. The Hall–Kier alpha value is 0.234. The summed E-state index contributed by atoms with van der Waals surface area (Å²) in [6.07, 6.45) is 0.793. The minimum atomic E-state index is -2.54. The van der Waals surface area contributed by atoms with Crippen molar-refractivity contribution in [2.75, 3.05) is 21.3 Å². The second-order valence-electron chi connectivity index (χ2n) is 2.23. The lowest BCUT2D eigenvalue weighted by atomic mass is 10.5. The summed E-state index contributed by atoms with van der Waals surface area (Å²) < 4.78 is 15.5. The fraction of sp³-hybridized carbons (Fsp3) is 1.00. The second-order valence-corrected chi connectivity index (χ2v) is 5.40. The molecule has 0 aromatic carbocycles. The molecule has 0 bridgehead atoms. The molecule has 0 saturated heterocycles. The highest BCUT2D eigenvalue weighted by atomic mass is 28.4. The molecule has 3 radical (unpaired) electrons. The minimum absolute atomic E-state index is 0.137. The van der Waals surface area contributed by atoms with Crippen LogP contribution < -0.4 is 11.1 Å². The third-order valence-corrected chi connectivity index (χ3v) is 4.77. The Morgan fingerprint density at radius 2 is 1.46 bits per heavy atom. The maximum absolute atomic E-state index is 5.77. The standard InChI is InChI=1S/C6H17NO3Si.H2NSi/c1-5-6(7)11(8-2,9-3)10-4;1-2/h6H,5,7H2,1-4H3;1H2. The first-order valence-electron chi connectivity index (χ1n) is 3.86. The van der Waals surface area contributed by atoms with Gasteiger partial charge in [0.05, 0.1) is 5.67 Å². The van der Waals surface area contributed by atoms with Crippen LogP contribution in [0.3, 0.4) is 0 Å². The zero-order valence-electron chi connectivity index (χ0n) is 8.66. The molecule has 0 aliphatic heterocycles. The van der Waals surface area contributed by atoms with Gasteiger partial charge in [-0.15, -0.1) is 0 Å². The molecule has 0 fully saturated rings. The van der Waals surface area contributed by atoms with E-state index in [1.54, 1.807) is 21.3 Å². The summed E-state index contributed by atoms with van der Waals surface area (Å²) in [5.41, 5.74) is 5.63. The van der Waals surface area contributed by atoms with Crippen LogP contribution in [0.2, 0.25) is 0 Å². The lowest BCUT2D eigenvalue weighted by molar-refractivity contribution is 0.112. The molecule has 7 heteroatoms. The van der Waals surface area contributed by atoms with Crippen molar-refractivity contribution >= 4 is 19.2 Å². The van der Waals surface area contributed by atoms with E-state index in [2.05, 4.69) is 15.8 Å². The Morgan fingerprint density at radius 3 is 1.54 bits per heavy atom. The topological polar surface area (TPSA) is 79.7 Å². The van der Waals surface area contributed by atoms with Crippen LogP contribution in [0.15, 0.2) is 0 Å². The van der Waals surface area contributed by atoms with Crippen molar-refractivity contribution < 1.29 is 13.3 Å². The van der Waals surface area contributed by atoms with Gasteiger partial charge in [-0.05, 0) is 6.42 Å². The van der Waals surface area contributed by atoms with Crippen LogP contribution in [0.4, 0.5) is 0 Å². The maximum atomic E-state index is 5.77. The van der Waals surface area contributed by atoms with Crippen LogP contribution in [0.25, 0.3) is 0 Å². The quantitative estimate of drug-likeness (QED) is 0.595. The van der Waals surface area contributed by atoms with Gasteiger partial charge in [0.2, 0.25) is 0 Å². The molecule has 0 aromatic rings. The fourth-order valence-corrected chi connectivity index (χ4v) is 2.86. The van der Waals surface area contributed by atoms with Gasteiger partial charge >= 0.3 is 8.80 Å². The van der Waals surface area contributed by atoms with Crippen molar-refractivity contribution in [3.63, 3.8) is 0 Å². The largest absolute Gasteiger partial charge is 0.517 e. The second kappa shape index (κ2) is 8.82. The van der Waals surface area contributed by atoms with Gasteiger partial charge in [-0.3, -0.25) is 0 Å². The zero-order chi connectivity index (χ0) is 10.9. The first-order valence-corrected chi connectivity index (χ1v) is 6.24. The van der Waals surface area contributed by atoms with Gasteiger partial charge in [-0.1, -0.05) is 6.92 Å². The van der Waals surface area contributed by atoms with Crippen LogP contribution in [0, 0.1) is 0 Å². The lowest BCUT2D eigenvalue weighted by Gasteiger charge is -2.28. The van der Waals surface area contributed by atoms with E-state index in [0.29, 0.717) is 0 Å². The average Bonchev–Trinajstić information content (AvgIpc) is 2.24. The average molecular weight is 223 g/mol. The number of hydrogen-bond acceptors (Lipinski definition) is 5. The molecule has 0 heterocycles. The highest BCUT2D eigenvalue weighted by Crippen LogP contribution is 2.11. The number of rotatable bonds is 5. The van der Waals surface area contributed by atoms with E-state index in [1.165, 1.54) is 0 Å². The van der Waals surface area contributed by atoms with Crippen LogP contribution >= 0.6 is 0 Å². The Labute approximate surface area is 84.6 Å². The van der Waals surface area contributed by atoms with Gasteiger partial charge in [0.1, 0.15) is 10.4 Å². The van der Waals surface area contributed by atoms with Crippen LogP contribution in [-0.4, -0.2) is 46.2 Å². The molecule has 1 atom stereocenters. The van der Waals surface area contributed by atoms with E-state index in [1.807, 2.05) is 6.92 Å². The number of nitrogens with two attached hydrogens (primary N) is 2. The normalized spacial score (nSPS) is 13.2. The van der Waals surface area contributed by atoms with Gasteiger partial charge in [0, 0.05) is 21.3 Å². The molecule has 1 unspecified atom stereocenters. The van der Waals surface area contributed by atoms with Crippen LogP contribution in [0.1, 0.15) is 13.3 Å². The summed E-state index contributed by atoms with van der Waals surface area (Å²) in [7, 11) is 4.62. The van der Waals surface area contributed by atoms with E-state index in [0.717, 1.165) is 6.42 Å². The van der Waals surface area contributed by atoms with Crippen molar-refractivity contribution in [3.8, 4) is 0 Å². The van der Waals surface area contributed by atoms with Crippen molar-refractivity contribution in [2.45, 2.75) is 19.0 Å². The maximum Gasteiger partial charge on any atom is 0.517 e. The summed E-state index contributed by atoms with van der Waals surface area (Å²) in [4.78, 5) is 0. The van der Waals surface area contributed by atoms with E-state index < -0.39 is 8.80 Å². The monoisotopic (exact) mass is 223 g/mol. The molecule has 0 aromatic heterocycles. The Kier molecular flexibility index (Phi) is 10.6. The molecule has 0 rings (SSSR count). The van der Waals surface area contributed by atoms with Gasteiger partial charge in [0.25, 0.3) is 0 Å². The summed E-state index contributed by atoms with van der Waals surface area (Å²) in [6.45, 7) is 1.98. The first-order chi connectivity index (χ1) is 6.16. The molecule has 0 amide bonds. The molecular weight excluding hydrogens is 204 g/mol. The van der Waals surface area contributed by atoms with Crippen LogP contribution in [0.5, 0.6) is 0 Å². The summed E-state index contributed by atoms with van der Waals surface area (Å²) in [5.74, 6) is 0. The van der Waals surface area contributed by atoms with Gasteiger partial charge < -0.3 is 24.4 Å². The van der Waals surface area contributed by atoms with Crippen molar-refractivity contribution in [1.82, 2.24) is 0 Å².